The second kappa shape index (κ2) is 6.68. The maximum absolute atomic E-state index is 12.4. The van der Waals surface area contributed by atoms with Crippen molar-refractivity contribution in [1.82, 2.24) is 4.90 Å². The van der Waals surface area contributed by atoms with Gasteiger partial charge in [-0.05, 0) is 48.9 Å². The number of benzene rings is 1. The molecule has 0 bridgehead atoms. The van der Waals surface area contributed by atoms with Crippen molar-refractivity contribution in [1.29, 1.82) is 0 Å². The van der Waals surface area contributed by atoms with Crippen LogP contribution < -0.4 is 0 Å². The second-order valence-corrected chi connectivity index (χ2v) is 7.86. The number of rotatable bonds is 4. The van der Waals surface area contributed by atoms with Crippen molar-refractivity contribution in [2.24, 2.45) is 5.92 Å². The fraction of sp³-hybridized carbons (Fsp3) is 0.350. The first-order valence-corrected chi connectivity index (χ1v) is 9.64. The Morgan fingerprint density at radius 2 is 1.92 bits per heavy atom. The lowest BCUT2D eigenvalue weighted by Gasteiger charge is -2.19. The Labute approximate surface area is 155 Å². The van der Waals surface area contributed by atoms with Crippen molar-refractivity contribution in [2.45, 2.75) is 32.6 Å². The number of fused-ring (bicyclic) bond motifs is 2. The van der Waals surface area contributed by atoms with Gasteiger partial charge in [-0.25, -0.2) is 9.69 Å². The number of carbonyl (C=O) groups excluding carboxylic acids is 3. The number of imide groups is 1. The van der Waals surface area contributed by atoms with E-state index in [1.165, 1.54) is 21.8 Å². The topological polar surface area (TPSA) is 63.7 Å². The van der Waals surface area contributed by atoms with Crippen LogP contribution in [-0.4, -0.2) is 29.4 Å². The Balaban J connectivity index is 1.43. The minimum atomic E-state index is -0.478. The molecule has 1 atom stereocenters. The molecule has 5 nitrogen and oxygen atoms in total. The van der Waals surface area contributed by atoms with Crippen LogP contribution in [0.5, 0.6) is 0 Å². The Bertz CT molecular complexity index is 866. The minimum Gasteiger partial charge on any atom is -0.439 e. The Hall–Kier alpha value is -2.47. The molecule has 0 radical (unpaired) electrons. The zero-order valence-electron chi connectivity index (χ0n) is 14.5. The lowest BCUT2D eigenvalue weighted by atomic mass is 9.87. The van der Waals surface area contributed by atoms with Gasteiger partial charge in [0.1, 0.15) is 4.88 Å². The predicted molar refractivity (Wildman–Crippen MR) is 97.3 cm³/mol. The van der Waals surface area contributed by atoms with E-state index in [-0.39, 0.29) is 6.73 Å². The average molecular weight is 369 g/mol. The summed E-state index contributed by atoms with van der Waals surface area (Å²) in [6.45, 7) is 1.84. The van der Waals surface area contributed by atoms with Gasteiger partial charge in [-0.3, -0.25) is 9.59 Å². The van der Waals surface area contributed by atoms with Gasteiger partial charge in [0.05, 0.1) is 11.1 Å². The predicted octanol–water partition coefficient (Wildman–Crippen LogP) is 3.67. The molecule has 6 heteroatoms. The summed E-state index contributed by atoms with van der Waals surface area (Å²) >= 11 is 1.46. The van der Waals surface area contributed by atoms with E-state index < -0.39 is 17.8 Å². The highest BCUT2D eigenvalue weighted by Crippen LogP contribution is 2.34. The smallest absolute Gasteiger partial charge is 0.350 e. The van der Waals surface area contributed by atoms with E-state index in [4.69, 9.17) is 4.74 Å². The third-order valence-corrected chi connectivity index (χ3v) is 6.38. The van der Waals surface area contributed by atoms with E-state index in [1.54, 1.807) is 24.3 Å². The third-order valence-electron chi connectivity index (χ3n) is 5.17. The molecule has 0 saturated carbocycles. The number of thiophene rings is 1. The molecule has 1 aliphatic carbocycles. The Morgan fingerprint density at radius 1 is 1.23 bits per heavy atom. The van der Waals surface area contributed by atoms with Gasteiger partial charge in [0, 0.05) is 4.88 Å². The molecule has 0 N–H and O–H groups in total. The van der Waals surface area contributed by atoms with Crippen LogP contribution in [0.3, 0.4) is 0 Å². The van der Waals surface area contributed by atoms with E-state index in [0.29, 0.717) is 21.9 Å². The molecule has 1 unspecified atom stereocenters. The van der Waals surface area contributed by atoms with E-state index in [0.717, 1.165) is 30.6 Å². The zero-order chi connectivity index (χ0) is 18.3. The summed E-state index contributed by atoms with van der Waals surface area (Å²) in [6, 6.07) is 8.54. The molecule has 1 aromatic carbocycles. The van der Waals surface area contributed by atoms with Gasteiger partial charge >= 0.3 is 5.97 Å². The molecule has 2 aromatic rings. The molecule has 2 amide bonds. The van der Waals surface area contributed by atoms with Gasteiger partial charge in [-0.2, -0.15) is 0 Å². The average Bonchev–Trinajstić information content (AvgIpc) is 3.20. The zero-order valence-corrected chi connectivity index (χ0v) is 15.3. The van der Waals surface area contributed by atoms with Gasteiger partial charge in [0.25, 0.3) is 11.8 Å². The monoisotopic (exact) mass is 369 g/mol. The molecule has 0 fully saturated rings. The molecule has 26 heavy (non-hydrogen) atoms. The van der Waals surface area contributed by atoms with E-state index >= 15 is 0 Å². The van der Waals surface area contributed by atoms with Crippen molar-refractivity contribution >= 4 is 29.1 Å². The summed E-state index contributed by atoms with van der Waals surface area (Å²) in [6.07, 6.45) is 4.32. The Morgan fingerprint density at radius 3 is 2.58 bits per heavy atom. The minimum absolute atomic E-state index is 0.353. The number of nitrogens with zero attached hydrogens (tertiary/aromatic N) is 1. The number of amides is 2. The third kappa shape index (κ3) is 2.84. The Kier molecular flexibility index (Phi) is 4.36. The molecule has 0 spiro atoms. The quantitative estimate of drug-likeness (QED) is 0.609. The lowest BCUT2D eigenvalue weighted by molar-refractivity contribution is 0.0232. The molecular formula is C20H19NO4S. The van der Waals surface area contributed by atoms with Gasteiger partial charge < -0.3 is 4.74 Å². The summed E-state index contributed by atoms with van der Waals surface area (Å²) in [5.74, 6) is -0.641. The van der Waals surface area contributed by atoms with Crippen LogP contribution in [0.1, 0.15) is 60.6 Å². The van der Waals surface area contributed by atoms with Crippen LogP contribution in [0, 0.1) is 5.92 Å². The number of carbonyl (C=O) groups is 3. The molecule has 1 aromatic heterocycles. The summed E-state index contributed by atoms with van der Waals surface area (Å²) in [5, 5.41) is 0. The maximum Gasteiger partial charge on any atom is 0.350 e. The second-order valence-electron chi connectivity index (χ2n) is 6.72. The summed E-state index contributed by atoms with van der Waals surface area (Å²) in [7, 11) is 0. The first kappa shape index (κ1) is 17.0. The molecule has 2 heterocycles. The number of hydrogen-bond acceptors (Lipinski definition) is 5. The molecular weight excluding hydrogens is 350 g/mol. The SMILES string of the molecule is CCC1CCc2sc(C(=O)OCN3C(=O)c4ccccc4C3=O)cc2C1. The fourth-order valence-electron chi connectivity index (χ4n) is 3.60. The normalized spacial score (nSPS) is 18.7. The first-order valence-electron chi connectivity index (χ1n) is 8.82. The molecule has 134 valence electrons. The standard InChI is InChI=1S/C20H19NO4S/c1-2-12-7-8-16-13(9-12)10-17(26-16)20(24)25-11-21-18(22)14-5-3-4-6-15(14)19(21)23/h3-6,10,12H,2,7-9,11H2,1H3. The van der Waals surface area contributed by atoms with E-state index in [1.807, 2.05) is 6.07 Å². The van der Waals surface area contributed by atoms with Crippen molar-refractivity contribution < 1.29 is 19.1 Å². The first-order chi connectivity index (χ1) is 12.6. The highest BCUT2D eigenvalue weighted by atomic mass is 32.1. The number of ether oxygens (including phenoxy) is 1. The lowest BCUT2D eigenvalue weighted by Crippen LogP contribution is -2.33. The summed E-state index contributed by atoms with van der Waals surface area (Å²) in [4.78, 5) is 39.8. The fourth-order valence-corrected chi connectivity index (χ4v) is 4.70. The van der Waals surface area contributed by atoms with Crippen LogP contribution in [0.25, 0.3) is 0 Å². The maximum atomic E-state index is 12.4. The van der Waals surface area contributed by atoms with Crippen LogP contribution in [0.2, 0.25) is 0 Å². The molecule has 2 aliphatic rings. The van der Waals surface area contributed by atoms with Crippen molar-refractivity contribution in [2.75, 3.05) is 6.73 Å². The van der Waals surface area contributed by atoms with Gasteiger partial charge in [-0.1, -0.05) is 25.5 Å². The summed E-state index contributed by atoms with van der Waals surface area (Å²) < 4.78 is 5.27. The molecule has 1 aliphatic heterocycles. The number of esters is 1. The van der Waals surface area contributed by atoms with Crippen LogP contribution in [0.15, 0.2) is 30.3 Å². The molecule has 4 rings (SSSR count). The van der Waals surface area contributed by atoms with E-state index in [2.05, 4.69) is 6.92 Å². The van der Waals surface area contributed by atoms with Crippen molar-refractivity contribution in [3.8, 4) is 0 Å². The highest BCUT2D eigenvalue weighted by molar-refractivity contribution is 7.14. The van der Waals surface area contributed by atoms with E-state index in [9.17, 15) is 14.4 Å². The van der Waals surface area contributed by atoms with Gasteiger partial charge in [0.2, 0.25) is 0 Å². The van der Waals surface area contributed by atoms with Crippen molar-refractivity contribution in [3.63, 3.8) is 0 Å². The van der Waals surface area contributed by atoms with Crippen LogP contribution >= 0.6 is 11.3 Å². The molecule has 0 saturated heterocycles. The number of aryl methyl sites for hydroxylation is 1. The van der Waals surface area contributed by atoms with Crippen LogP contribution in [-0.2, 0) is 17.6 Å². The highest BCUT2D eigenvalue weighted by Gasteiger charge is 2.36. The largest absolute Gasteiger partial charge is 0.439 e. The number of hydrogen-bond donors (Lipinski definition) is 0. The van der Waals surface area contributed by atoms with Gasteiger partial charge in [0.15, 0.2) is 6.73 Å². The summed E-state index contributed by atoms with van der Waals surface area (Å²) in [5.41, 5.74) is 1.94. The van der Waals surface area contributed by atoms with Crippen LogP contribution in [0.4, 0.5) is 0 Å². The van der Waals surface area contributed by atoms with Gasteiger partial charge in [-0.15, -0.1) is 11.3 Å². The van der Waals surface area contributed by atoms with Crippen molar-refractivity contribution in [3.05, 3.63) is 56.8 Å².